The van der Waals surface area contributed by atoms with Gasteiger partial charge in [0.1, 0.15) is 11.1 Å². The fourth-order valence-corrected chi connectivity index (χ4v) is 6.71. The van der Waals surface area contributed by atoms with Crippen LogP contribution in [0, 0.1) is 0 Å². The van der Waals surface area contributed by atoms with Gasteiger partial charge in [-0.3, -0.25) is 15.0 Å². The molecule has 0 saturated heterocycles. The molecule has 0 fully saturated rings. The zero-order valence-electron chi connectivity index (χ0n) is 23.0. The fraction of sp³-hybridized carbons (Fsp3) is 0. The van der Waals surface area contributed by atoms with Gasteiger partial charge in [0.2, 0.25) is 0 Å². The van der Waals surface area contributed by atoms with Crippen molar-refractivity contribution >= 4 is 77.8 Å². The maximum absolute atomic E-state index is 6.59. The van der Waals surface area contributed by atoms with E-state index in [2.05, 4.69) is 92.9 Å². The molecule has 0 N–H and O–H groups in total. The van der Waals surface area contributed by atoms with Crippen LogP contribution in [0.2, 0.25) is 0 Å². The minimum Gasteiger partial charge on any atom is -0.452 e. The molecule has 0 radical (unpaired) electrons. The number of rotatable bonds is 4. The number of aromatic nitrogens is 5. The second-order valence-electron chi connectivity index (χ2n) is 10.6. The Kier molecular flexibility index (Phi) is 4.81. The number of benzene rings is 3. The van der Waals surface area contributed by atoms with Crippen LogP contribution in [-0.2, 0) is 0 Å². The normalized spacial score (nSPS) is 11.9. The first-order valence-corrected chi connectivity index (χ1v) is 14.1. The summed E-state index contributed by atoms with van der Waals surface area (Å²) in [4.78, 5) is 13.8. The van der Waals surface area contributed by atoms with E-state index in [4.69, 9.17) is 9.40 Å². The molecule has 0 aliphatic rings. The predicted molar refractivity (Wildman–Crippen MR) is 176 cm³/mol. The van der Waals surface area contributed by atoms with E-state index in [1.54, 1.807) is 0 Å². The van der Waals surface area contributed by atoms with Crippen LogP contribution < -0.4 is 0 Å². The molecule has 3 aromatic carbocycles. The van der Waals surface area contributed by atoms with Gasteiger partial charge in [0.05, 0.1) is 40.1 Å². The average molecular weight is 554 g/mol. The molecule has 0 spiro atoms. The Morgan fingerprint density at radius 2 is 1.28 bits per heavy atom. The van der Waals surface area contributed by atoms with Crippen LogP contribution in [0.4, 0.5) is 0 Å². The molecule has 0 aliphatic carbocycles. The number of hydrogen-bond donors (Lipinski definition) is 0. The lowest BCUT2D eigenvalue weighted by atomic mass is 10.1. The summed E-state index contributed by atoms with van der Waals surface area (Å²) in [6.45, 7) is 8.12. The lowest BCUT2D eigenvalue weighted by Gasteiger charge is -2.08. The van der Waals surface area contributed by atoms with Crippen molar-refractivity contribution < 1.29 is 4.42 Å². The van der Waals surface area contributed by atoms with E-state index in [9.17, 15) is 0 Å². The lowest BCUT2D eigenvalue weighted by molar-refractivity contribution is 0.665. The average Bonchev–Trinajstić information content (AvgIpc) is 3.72. The molecule has 9 rings (SSSR count). The van der Waals surface area contributed by atoms with Gasteiger partial charge in [0.15, 0.2) is 5.58 Å². The molecule has 6 aromatic heterocycles. The first kappa shape index (κ1) is 23.7. The highest BCUT2D eigenvalue weighted by Gasteiger charge is 2.21. The Bertz CT molecular complexity index is 2620. The first-order chi connectivity index (χ1) is 21.3. The molecule has 6 heteroatoms. The Hall–Kier alpha value is -6.01. The van der Waals surface area contributed by atoms with E-state index < -0.39 is 0 Å². The van der Waals surface area contributed by atoms with Gasteiger partial charge in [-0.1, -0.05) is 49.6 Å². The van der Waals surface area contributed by atoms with Crippen LogP contribution >= 0.6 is 0 Å². The molecule has 0 aliphatic heterocycles. The molecule has 202 valence electrons. The quantitative estimate of drug-likeness (QED) is 0.218. The van der Waals surface area contributed by atoms with Crippen molar-refractivity contribution in [1.82, 2.24) is 24.1 Å². The summed E-state index contributed by atoms with van der Waals surface area (Å²) in [6, 6.07) is 25.0. The third-order valence-electron chi connectivity index (χ3n) is 8.50. The summed E-state index contributed by atoms with van der Waals surface area (Å²) in [5.74, 6) is 0. The first-order valence-electron chi connectivity index (χ1n) is 14.1. The Morgan fingerprint density at radius 1 is 0.628 bits per heavy atom. The molecule has 0 saturated carbocycles. The third kappa shape index (κ3) is 3.14. The highest BCUT2D eigenvalue weighted by atomic mass is 16.3. The van der Waals surface area contributed by atoms with Crippen LogP contribution in [0.5, 0.6) is 0 Å². The van der Waals surface area contributed by atoms with Crippen molar-refractivity contribution in [2.45, 2.75) is 0 Å². The van der Waals surface area contributed by atoms with Crippen LogP contribution in [0.1, 0.15) is 11.1 Å². The van der Waals surface area contributed by atoms with E-state index >= 15 is 0 Å². The number of fused-ring (bicyclic) bond motifs is 9. The highest BCUT2D eigenvalue weighted by molar-refractivity contribution is 6.15. The van der Waals surface area contributed by atoms with Crippen LogP contribution in [-0.4, -0.2) is 24.1 Å². The standard InChI is InChI=1S/C37H23N5O/c1-3-22-7-5-9-28-34(22)25-13-16-38-20-31(25)41(28)24-11-12-33-27(19-24)36-37(43-33)30(15-18-40-36)42-29-10-6-8-23(4-2)35(29)26-14-17-39-21-32(26)42/h3-21H,1-2H2. The molecule has 0 atom stereocenters. The second-order valence-corrected chi connectivity index (χ2v) is 10.6. The van der Waals surface area contributed by atoms with Gasteiger partial charge in [0, 0.05) is 51.2 Å². The van der Waals surface area contributed by atoms with Gasteiger partial charge in [0.25, 0.3) is 0 Å². The largest absolute Gasteiger partial charge is 0.452 e. The second kappa shape index (κ2) is 8.74. The molecular weight excluding hydrogens is 530 g/mol. The number of hydrogen-bond acceptors (Lipinski definition) is 4. The molecule has 9 aromatic rings. The summed E-state index contributed by atoms with van der Waals surface area (Å²) >= 11 is 0. The van der Waals surface area contributed by atoms with Crippen LogP contribution in [0.25, 0.3) is 89.2 Å². The van der Waals surface area contributed by atoms with Gasteiger partial charge in [-0.25, -0.2) is 0 Å². The lowest BCUT2D eigenvalue weighted by Crippen LogP contribution is -1.95. The minimum absolute atomic E-state index is 0.721. The summed E-state index contributed by atoms with van der Waals surface area (Å²) in [6.07, 6.45) is 13.2. The van der Waals surface area contributed by atoms with Crippen molar-refractivity contribution in [2.24, 2.45) is 0 Å². The molecule has 6 nitrogen and oxygen atoms in total. The topological polar surface area (TPSA) is 61.7 Å². The summed E-state index contributed by atoms with van der Waals surface area (Å²) in [5.41, 5.74) is 10.6. The minimum atomic E-state index is 0.721. The number of pyridine rings is 3. The van der Waals surface area contributed by atoms with Crippen LogP contribution in [0.15, 0.2) is 121 Å². The van der Waals surface area contributed by atoms with E-state index in [1.807, 2.05) is 55.3 Å². The van der Waals surface area contributed by atoms with Gasteiger partial charge in [-0.05, 0) is 59.7 Å². The van der Waals surface area contributed by atoms with Crippen molar-refractivity contribution in [3.8, 4) is 11.4 Å². The van der Waals surface area contributed by atoms with Crippen molar-refractivity contribution in [1.29, 1.82) is 0 Å². The van der Waals surface area contributed by atoms with E-state index in [-0.39, 0.29) is 0 Å². The van der Waals surface area contributed by atoms with E-state index in [1.165, 1.54) is 0 Å². The maximum Gasteiger partial charge on any atom is 0.177 e. The van der Waals surface area contributed by atoms with Gasteiger partial charge in [-0.15, -0.1) is 0 Å². The number of furan rings is 1. The smallest absolute Gasteiger partial charge is 0.177 e. The van der Waals surface area contributed by atoms with Crippen molar-refractivity contribution in [3.63, 3.8) is 0 Å². The molecule has 43 heavy (non-hydrogen) atoms. The zero-order valence-corrected chi connectivity index (χ0v) is 23.0. The van der Waals surface area contributed by atoms with Gasteiger partial charge in [-0.2, -0.15) is 0 Å². The monoisotopic (exact) mass is 553 g/mol. The highest BCUT2D eigenvalue weighted by Crippen LogP contribution is 2.40. The molecule has 6 heterocycles. The number of nitrogens with zero attached hydrogens (tertiary/aromatic N) is 5. The molecule has 0 unspecified atom stereocenters. The fourth-order valence-electron chi connectivity index (χ4n) is 6.71. The third-order valence-corrected chi connectivity index (χ3v) is 8.50. The zero-order chi connectivity index (χ0) is 28.7. The molecular formula is C37H23N5O. The Balaban J connectivity index is 1.34. The molecule has 0 bridgehead atoms. The SMILES string of the molecule is C=Cc1cccc2c1c1ccncc1n2-c1ccc2oc3c(-n4c5cnccc5c5c(C=C)cccc54)ccnc3c2c1. The molecule has 0 amide bonds. The maximum atomic E-state index is 6.59. The Labute approximate surface area is 245 Å². The summed E-state index contributed by atoms with van der Waals surface area (Å²) in [7, 11) is 0. The van der Waals surface area contributed by atoms with Gasteiger partial charge >= 0.3 is 0 Å². The Morgan fingerprint density at radius 3 is 1.95 bits per heavy atom. The van der Waals surface area contributed by atoms with Crippen molar-refractivity contribution in [3.05, 3.63) is 128 Å². The predicted octanol–water partition coefficient (Wildman–Crippen LogP) is 9.25. The van der Waals surface area contributed by atoms with Crippen molar-refractivity contribution in [2.75, 3.05) is 0 Å². The van der Waals surface area contributed by atoms with Crippen LogP contribution in [0.3, 0.4) is 0 Å². The van der Waals surface area contributed by atoms with E-state index in [0.717, 1.165) is 88.2 Å². The summed E-state index contributed by atoms with van der Waals surface area (Å²) < 4.78 is 11.1. The van der Waals surface area contributed by atoms with E-state index in [0.29, 0.717) is 0 Å². The van der Waals surface area contributed by atoms with Gasteiger partial charge < -0.3 is 13.6 Å². The summed E-state index contributed by atoms with van der Waals surface area (Å²) in [5, 5.41) is 5.49.